The molecule has 0 unspecified atom stereocenters. The van der Waals surface area contributed by atoms with Crippen LogP contribution in [0, 0.1) is 0 Å². The van der Waals surface area contributed by atoms with E-state index in [9.17, 15) is 9.90 Å². The third kappa shape index (κ3) is 5.33. The summed E-state index contributed by atoms with van der Waals surface area (Å²) >= 11 is 6.50. The van der Waals surface area contributed by atoms with Crippen LogP contribution in [-0.4, -0.2) is 71.4 Å². The molecule has 1 saturated heterocycles. The number of nitrogens with one attached hydrogen (secondary N) is 2. The van der Waals surface area contributed by atoms with E-state index in [4.69, 9.17) is 21.1 Å². The van der Waals surface area contributed by atoms with Crippen molar-refractivity contribution in [2.75, 3.05) is 38.7 Å². The summed E-state index contributed by atoms with van der Waals surface area (Å²) < 4.78 is 10.7. The van der Waals surface area contributed by atoms with Gasteiger partial charge in [0.2, 0.25) is 0 Å². The minimum absolute atomic E-state index is 0.00876. The van der Waals surface area contributed by atoms with Gasteiger partial charge in [-0.1, -0.05) is 11.6 Å². The highest BCUT2D eigenvalue weighted by Crippen LogP contribution is 2.29. The van der Waals surface area contributed by atoms with E-state index < -0.39 is 6.10 Å². The fourth-order valence-electron chi connectivity index (χ4n) is 4.63. The standard InChI is InChI=1S/C25H28ClN5O4/c1-34-16-3-4-20-18(10-16)17(19(26)12-28-20)6-8-31-9-7-21(22(32)13-31)27-11-15-2-5-23-25(29-15)30-24(33)14-35-23/h2-5,10,12,21-22,27,32H,6-9,11,13-14H2,1H3,(H,29,30,33)/t21-,22-/m0/s1. The van der Waals surface area contributed by atoms with Crippen molar-refractivity contribution >= 4 is 34.2 Å². The second kappa shape index (κ2) is 10.3. The first-order valence-electron chi connectivity index (χ1n) is 11.7. The van der Waals surface area contributed by atoms with Crippen molar-refractivity contribution in [3.8, 4) is 11.5 Å². The maximum Gasteiger partial charge on any atom is 0.263 e. The van der Waals surface area contributed by atoms with Gasteiger partial charge in [-0.3, -0.25) is 9.78 Å². The summed E-state index contributed by atoms with van der Waals surface area (Å²) in [5, 5.41) is 18.5. The van der Waals surface area contributed by atoms with Crippen LogP contribution in [0.25, 0.3) is 10.9 Å². The molecule has 1 amide bonds. The van der Waals surface area contributed by atoms with E-state index in [-0.39, 0.29) is 18.6 Å². The number of anilines is 1. The van der Waals surface area contributed by atoms with Crippen molar-refractivity contribution in [1.82, 2.24) is 20.2 Å². The number of β-amino-alcohol motifs (C(OH)–C–C–N with tert-alkyl or cyclic N) is 1. The maximum atomic E-state index is 11.5. The van der Waals surface area contributed by atoms with Crippen molar-refractivity contribution in [2.24, 2.45) is 0 Å². The Bertz CT molecular complexity index is 1240. The average Bonchev–Trinajstić information content (AvgIpc) is 2.87. The van der Waals surface area contributed by atoms with Crippen LogP contribution in [0.15, 0.2) is 36.5 Å². The zero-order chi connectivity index (χ0) is 24.4. The van der Waals surface area contributed by atoms with E-state index in [1.54, 1.807) is 19.4 Å². The summed E-state index contributed by atoms with van der Waals surface area (Å²) in [5.41, 5.74) is 2.70. The highest BCUT2D eigenvalue weighted by molar-refractivity contribution is 6.32. The van der Waals surface area contributed by atoms with Gasteiger partial charge in [0.05, 0.1) is 29.4 Å². The number of piperidine rings is 1. The number of aromatic nitrogens is 2. The molecule has 3 aromatic rings. The molecule has 1 fully saturated rings. The summed E-state index contributed by atoms with van der Waals surface area (Å²) in [6, 6.07) is 9.44. The van der Waals surface area contributed by atoms with Gasteiger partial charge in [0.1, 0.15) is 5.75 Å². The zero-order valence-electron chi connectivity index (χ0n) is 19.5. The Hall–Kier alpha value is -2.98. The molecular formula is C25H28ClN5O4. The number of benzene rings is 1. The molecule has 0 radical (unpaired) electrons. The Balaban J connectivity index is 1.16. The highest BCUT2D eigenvalue weighted by Gasteiger charge is 2.27. The van der Waals surface area contributed by atoms with Crippen LogP contribution >= 0.6 is 11.6 Å². The van der Waals surface area contributed by atoms with Gasteiger partial charge in [0, 0.05) is 37.3 Å². The molecule has 10 heteroatoms. The summed E-state index contributed by atoms with van der Waals surface area (Å²) in [6.07, 6.45) is 2.75. The lowest BCUT2D eigenvalue weighted by atomic mass is 10.00. The molecule has 2 atom stereocenters. The number of carbonyl (C=O) groups is 1. The Morgan fingerprint density at radius 2 is 2.23 bits per heavy atom. The van der Waals surface area contributed by atoms with Crippen LogP contribution in [0.4, 0.5) is 5.82 Å². The molecular weight excluding hydrogens is 470 g/mol. The van der Waals surface area contributed by atoms with Gasteiger partial charge < -0.3 is 30.1 Å². The smallest absolute Gasteiger partial charge is 0.263 e. The highest BCUT2D eigenvalue weighted by atomic mass is 35.5. The second-order valence-corrected chi connectivity index (χ2v) is 9.26. The number of methoxy groups -OCH3 is 1. The minimum Gasteiger partial charge on any atom is -0.497 e. The number of hydrogen-bond acceptors (Lipinski definition) is 8. The van der Waals surface area contributed by atoms with Crippen molar-refractivity contribution in [3.63, 3.8) is 0 Å². The Morgan fingerprint density at radius 3 is 3.06 bits per heavy atom. The lowest BCUT2D eigenvalue weighted by Gasteiger charge is -2.36. The monoisotopic (exact) mass is 497 g/mol. The Morgan fingerprint density at radius 1 is 1.34 bits per heavy atom. The number of pyridine rings is 2. The average molecular weight is 498 g/mol. The van der Waals surface area contributed by atoms with Gasteiger partial charge in [0.25, 0.3) is 5.91 Å². The molecule has 35 heavy (non-hydrogen) atoms. The van der Waals surface area contributed by atoms with E-state index in [1.165, 1.54) is 0 Å². The van der Waals surface area contributed by atoms with Gasteiger partial charge in [-0.2, -0.15) is 0 Å². The third-order valence-electron chi connectivity index (χ3n) is 6.56. The van der Waals surface area contributed by atoms with Crippen LogP contribution in [0.2, 0.25) is 5.02 Å². The van der Waals surface area contributed by atoms with Gasteiger partial charge >= 0.3 is 0 Å². The minimum atomic E-state index is -0.505. The largest absolute Gasteiger partial charge is 0.497 e. The number of hydrogen-bond donors (Lipinski definition) is 3. The van der Waals surface area contributed by atoms with Crippen LogP contribution in [0.1, 0.15) is 17.7 Å². The van der Waals surface area contributed by atoms with Gasteiger partial charge in [0.15, 0.2) is 18.2 Å². The quantitative estimate of drug-likeness (QED) is 0.456. The molecule has 1 aromatic carbocycles. The summed E-state index contributed by atoms with van der Waals surface area (Å²) in [6.45, 7) is 2.72. The molecule has 0 bridgehead atoms. The van der Waals surface area contributed by atoms with E-state index >= 15 is 0 Å². The Labute approximate surface area is 208 Å². The number of halogens is 1. The number of rotatable bonds is 7. The molecule has 3 N–H and O–H groups in total. The zero-order valence-corrected chi connectivity index (χ0v) is 20.2. The fourth-order valence-corrected chi connectivity index (χ4v) is 4.87. The number of amides is 1. The number of carbonyl (C=O) groups excluding carboxylic acids is 1. The van der Waals surface area contributed by atoms with E-state index in [2.05, 4.69) is 25.5 Å². The molecule has 0 aliphatic carbocycles. The fraction of sp³-hybridized carbons (Fsp3) is 0.400. The Kier molecular flexibility index (Phi) is 7.01. The van der Waals surface area contributed by atoms with Crippen LogP contribution in [-0.2, 0) is 17.8 Å². The van der Waals surface area contributed by atoms with Gasteiger partial charge in [-0.05, 0) is 55.3 Å². The molecule has 2 aromatic heterocycles. The van der Waals surface area contributed by atoms with Crippen LogP contribution in [0.5, 0.6) is 11.5 Å². The van der Waals surface area contributed by atoms with Crippen LogP contribution < -0.4 is 20.1 Å². The predicted octanol–water partition coefficient (Wildman–Crippen LogP) is 2.39. The second-order valence-electron chi connectivity index (χ2n) is 8.85. The van der Waals surface area contributed by atoms with E-state index in [0.717, 1.165) is 53.8 Å². The molecule has 4 heterocycles. The molecule has 2 aliphatic rings. The van der Waals surface area contributed by atoms with Crippen molar-refractivity contribution < 1.29 is 19.4 Å². The van der Waals surface area contributed by atoms with Gasteiger partial charge in [-0.15, -0.1) is 0 Å². The molecule has 5 rings (SSSR count). The first-order valence-corrected chi connectivity index (χ1v) is 12.1. The molecule has 2 aliphatic heterocycles. The van der Waals surface area contributed by atoms with E-state index in [0.29, 0.717) is 29.7 Å². The molecule has 184 valence electrons. The number of fused-ring (bicyclic) bond motifs is 2. The summed E-state index contributed by atoms with van der Waals surface area (Å²) in [7, 11) is 1.65. The van der Waals surface area contributed by atoms with Crippen molar-refractivity contribution in [2.45, 2.75) is 31.5 Å². The number of aliphatic hydroxyl groups is 1. The lowest BCUT2D eigenvalue weighted by Crippen LogP contribution is -2.52. The van der Waals surface area contributed by atoms with Crippen LogP contribution in [0.3, 0.4) is 0 Å². The predicted molar refractivity (Wildman–Crippen MR) is 133 cm³/mol. The normalized spacial score (nSPS) is 20.3. The SMILES string of the molecule is COc1ccc2ncc(Cl)c(CCN3CC[C@H](NCc4ccc5c(n4)NC(=O)CO5)[C@@H](O)C3)c2c1. The van der Waals surface area contributed by atoms with Crippen molar-refractivity contribution in [3.05, 3.63) is 52.8 Å². The molecule has 9 nitrogen and oxygen atoms in total. The number of ether oxygens (including phenoxy) is 2. The summed E-state index contributed by atoms with van der Waals surface area (Å²) in [4.78, 5) is 22.7. The summed E-state index contributed by atoms with van der Waals surface area (Å²) in [5.74, 6) is 1.57. The third-order valence-corrected chi connectivity index (χ3v) is 6.88. The van der Waals surface area contributed by atoms with Crippen molar-refractivity contribution in [1.29, 1.82) is 0 Å². The molecule has 0 saturated carbocycles. The maximum absolute atomic E-state index is 11.5. The van der Waals surface area contributed by atoms with E-state index in [1.807, 2.05) is 24.3 Å². The topological polar surface area (TPSA) is 109 Å². The first-order chi connectivity index (χ1) is 17.0. The molecule has 0 spiro atoms. The first kappa shape index (κ1) is 23.7. The van der Waals surface area contributed by atoms with Gasteiger partial charge in [-0.25, -0.2) is 4.98 Å². The number of likely N-dealkylation sites (tertiary alicyclic amines) is 1. The lowest BCUT2D eigenvalue weighted by molar-refractivity contribution is -0.118. The number of aliphatic hydroxyl groups excluding tert-OH is 1. The number of nitrogens with zero attached hydrogens (tertiary/aromatic N) is 3.